The van der Waals surface area contributed by atoms with Gasteiger partial charge in [-0.3, -0.25) is 14.1 Å². The number of fused-ring (bicyclic) bond motifs is 3. The van der Waals surface area contributed by atoms with E-state index >= 15 is 0 Å². The Kier molecular flexibility index (Phi) is 15.4. The summed E-state index contributed by atoms with van der Waals surface area (Å²) in [6.45, 7) is 8.63. The first-order valence-corrected chi connectivity index (χ1v) is 16.6. The summed E-state index contributed by atoms with van der Waals surface area (Å²) in [5.41, 5.74) is 3.20. The average molecular weight is 620 g/mol. The third-order valence-corrected chi connectivity index (χ3v) is 7.19. The predicted molar refractivity (Wildman–Crippen MR) is 179 cm³/mol. The second-order valence-corrected chi connectivity index (χ2v) is 10.7. The van der Waals surface area contributed by atoms with Gasteiger partial charge in [0.05, 0.1) is 42.0 Å². The molecule has 0 amide bonds. The first-order valence-electron chi connectivity index (χ1n) is 14.3. The molecule has 1 atom stereocenters. The maximum atomic E-state index is 15.0. The summed E-state index contributed by atoms with van der Waals surface area (Å²) in [6, 6.07) is 8.89. The number of aryl methyl sites for hydroxylation is 1. The van der Waals surface area contributed by atoms with E-state index < -0.39 is 5.95 Å². The SMILES string of the molecule is CC.CCSC.CN(C)CCCOc1ccc(-c2ccc3ncc4c(c3c2)n([C@H]2CCOC2)c(=O)n4C)c(F)n1.CS. The highest BCUT2D eigenvalue weighted by atomic mass is 32.2. The van der Waals surface area contributed by atoms with E-state index in [4.69, 9.17) is 9.47 Å². The predicted octanol–water partition coefficient (Wildman–Crippen LogP) is 6.32. The van der Waals surface area contributed by atoms with Crippen molar-refractivity contribution in [3.05, 3.63) is 53.0 Å². The van der Waals surface area contributed by atoms with E-state index in [2.05, 4.69) is 40.7 Å². The first kappa shape index (κ1) is 35.6. The van der Waals surface area contributed by atoms with E-state index in [-0.39, 0.29) is 17.6 Å². The molecule has 0 spiro atoms. The molecule has 0 aliphatic carbocycles. The Morgan fingerprint density at radius 3 is 2.52 bits per heavy atom. The Hall–Kier alpha value is -2.60. The lowest BCUT2D eigenvalue weighted by Crippen LogP contribution is -2.26. The topological polar surface area (TPSA) is 74.4 Å². The summed E-state index contributed by atoms with van der Waals surface area (Å²) in [5.74, 6) is 0.905. The van der Waals surface area contributed by atoms with Crippen molar-refractivity contribution in [2.45, 2.75) is 39.7 Å². The van der Waals surface area contributed by atoms with Crippen LogP contribution in [0.4, 0.5) is 4.39 Å². The number of benzene rings is 1. The fraction of sp³-hybridized carbons (Fsp3) is 0.516. The molecule has 0 saturated carbocycles. The molecule has 4 aromatic rings. The number of imidazole rings is 1. The lowest BCUT2D eigenvalue weighted by Gasteiger charge is -2.12. The van der Waals surface area contributed by atoms with Crippen molar-refractivity contribution in [1.29, 1.82) is 0 Å². The number of nitrogens with zero attached hydrogens (tertiary/aromatic N) is 5. The molecule has 232 valence electrons. The number of pyridine rings is 2. The van der Waals surface area contributed by atoms with Gasteiger partial charge in [-0.25, -0.2) is 4.79 Å². The van der Waals surface area contributed by atoms with Gasteiger partial charge in [-0.15, -0.1) is 0 Å². The number of thiol groups is 1. The number of halogens is 1. The van der Waals surface area contributed by atoms with E-state index in [1.54, 1.807) is 40.8 Å². The van der Waals surface area contributed by atoms with Crippen LogP contribution >= 0.6 is 24.4 Å². The van der Waals surface area contributed by atoms with E-state index in [9.17, 15) is 9.18 Å². The summed E-state index contributed by atoms with van der Waals surface area (Å²) in [6.07, 6.45) is 7.11. The second kappa shape index (κ2) is 18.1. The smallest absolute Gasteiger partial charge is 0.329 e. The van der Waals surface area contributed by atoms with Gasteiger partial charge in [-0.2, -0.15) is 33.8 Å². The van der Waals surface area contributed by atoms with Gasteiger partial charge >= 0.3 is 5.69 Å². The molecule has 5 rings (SSSR count). The van der Waals surface area contributed by atoms with Crippen molar-refractivity contribution in [3.8, 4) is 17.0 Å². The molecule has 1 aliphatic rings. The number of ether oxygens (including phenoxy) is 2. The van der Waals surface area contributed by atoms with Crippen LogP contribution in [0.3, 0.4) is 0 Å². The molecule has 1 fully saturated rings. The minimum Gasteiger partial charge on any atom is -0.478 e. The molecule has 8 nitrogen and oxygen atoms in total. The second-order valence-electron chi connectivity index (χ2n) is 9.52. The van der Waals surface area contributed by atoms with Crippen LogP contribution in [0.25, 0.3) is 33.1 Å². The van der Waals surface area contributed by atoms with E-state index in [0.717, 1.165) is 41.3 Å². The molecule has 3 aromatic heterocycles. The monoisotopic (exact) mass is 619 g/mol. The Morgan fingerprint density at radius 1 is 1.21 bits per heavy atom. The third-order valence-electron chi connectivity index (χ3n) is 6.61. The van der Waals surface area contributed by atoms with Crippen LogP contribution in [-0.2, 0) is 11.8 Å². The van der Waals surface area contributed by atoms with Gasteiger partial charge in [0.25, 0.3) is 0 Å². The highest BCUT2D eigenvalue weighted by Crippen LogP contribution is 2.32. The van der Waals surface area contributed by atoms with E-state index in [1.807, 2.05) is 57.9 Å². The van der Waals surface area contributed by atoms with Crippen molar-refractivity contribution in [3.63, 3.8) is 0 Å². The Balaban J connectivity index is 0.000000699. The summed E-state index contributed by atoms with van der Waals surface area (Å²) in [5, 5.41) is 0.794. The summed E-state index contributed by atoms with van der Waals surface area (Å²) >= 11 is 5.38. The zero-order valence-electron chi connectivity index (χ0n) is 26.2. The van der Waals surface area contributed by atoms with E-state index in [1.165, 1.54) is 5.75 Å². The Bertz CT molecular complexity index is 1450. The lowest BCUT2D eigenvalue weighted by atomic mass is 10.0. The fourth-order valence-electron chi connectivity index (χ4n) is 4.53. The molecule has 0 N–H and O–H groups in total. The van der Waals surface area contributed by atoms with Crippen LogP contribution in [0.2, 0.25) is 0 Å². The fourth-order valence-corrected chi connectivity index (χ4v) is 4.53. The first-order chi connectivity index (χ1) is 20.3. The van der Waals surface area contributed by atoms with E-state index in [0.29, 0.717) is 30.9 Å². The molecule has 1 saturated heterocycles. The minimum atomic E-state index is -0.598. The molecule has 1 aromatic carbocycles. The molecule has 42 heavy (non-hydrogen) atoms. The number of thioether (sulfide) groups is 1. The van der Waals surface area contributed by atoms with Crippen molar-refractivity contribution < 1.29 is 13.9 Å². The third kappa shape index (κ3) is 8.72. The minimum absolute atomic E-state index is 0.0345. The maximum absolute atomic E-state index is 15.0. The van der Waals surface area contributed by atoms with Crippen molar-refractivity contribution in [2.24, 2.45) is 7.05 Å². The van der Waals surface area contributed by atoms with Gasteiger partial charge in [0.2, 0.25) is 11.8 Å². The van der Waals surface area contributed by atoms with Crippen LogP contribution in [0.5, 0.6) is 5.88 Å². The van der Waals surface area contributed by atoms with Crippen LogP contribution in [-0.4, -0.2) is 82.7 Å². The Morgan fingerprint density at radius 2 is 1.93 bits per heavy atom. The Labute approximate surface area is 259 Å². The van der Waals surface area contributed by atoms with Gasteiger partial charge < -0.3 is 14.4 Å². The van der Waals surface area contributed by atoms with Gasteiger partial charge in [0.1, 0.15) is 0 Å². The van der Waals surface area contributed by atoms with Crippen LogP contribution in [0.1, 0.15) is 39.7 Å². The summed E-state index contributed by atoms with van der Waals surface area (Å²) in [4.78, 5) is 23.7. The maximum Gasteiger partial charge on any atom is 0.329 e. The zero-order valence-corrected chi connectivity index (χ0v) is 27.9. The largest absolute Gasteiger partial charge is 0.478 e. The molecular weight excluding hydrogens is 574 g/mol. The van der Waals surface area contributed by atoms with Crippen molar-refractivity contribution >= 4 is 46.3 Å². The quantitative estimate of drug-likeness (QED) is 0.141. The van der Waals surface area contributed by atoms with Crippen LogP contribution in [0.15, 0.2) is 41.3 Å². The molecule has 0 bridgehead atoms. The number of hydrogen-bond donors (Lipinski definition) is 1. The molecule has 1 aliphatic heterocycles. The molecule has 0 unspecified atom stereocenters. The van der Waals surface area contributed by atoms with Gasteiger partial charge in [0.15, 0.2) is 0 Å². The normalized spacial score (nSPS) is 14.1. The van der Waals surface area contributed by atoms with Gasteiger partial charge in [-0.1, -0.05) is 26.8 Å². The van der Waals surface area contributed by atoms with Crippen LogP contribution in [0, 0.1) is 5.95 Å². The standard InChI is InChI=1S/C25H28FN5O3.C3H8S.C2H6.CH4S/c1-29(2)10-4-11-34-22-8-6-18(24(26)28-22)16-5-7-20-19(13-16)23-21(14-27-20)30(3)25(32)31(23)17-9-12-33-15-17;1-3-4-2;2*1-2/h5-8,13-14,17H,4,9-12,15H2,1-3H3;3H2,1-2H3;1-2H3;2H,1H3/t17-;;;/m0.../s1. The number of rotatable bonds is 8. The summed E-state index contributed by atoms with van der Waals surface area (Å²) in [7, 11) is 5.74. The molecule has 11 heteroatoms. The molecular formula is C31H46FN5O3S2. The lowest BCUT2D eigenvalue weighted by molar-refractivity contribution is 0.186. The number of aromatic nitrogens is 4. The molecule has 0 radical (unpaired) electrons. The van der Waals surface area contributed by atoms with Crippen molar-refractivity contribution in [1.82, 2.24) is 24.0 Å². The van der Waals surface area contributed by atoms with Gasteiger partial charge in [0, 0.05) is 37.2 Å². The number of hydrogen-bond acceptors (Lipinski definition) is 8. The average Bonchev–Trinajstić information content (AvgIpc) is 3.63. The van der Waals surface area contributed by atoms with Gasteiger partial charge in [-0.05, 0) is 69.0 Å². The van der Waals surface area contributed by atoms with Crippen molar-refractivity contribution in [2.75, 3.05) is 58.7 Å². The summed E-state index contributed by atoms with van der Waals surface area (Å²) < 4.78 is 29.5. The highest BCUT2D eigenvalue weighted by Gasteiger charge is 2.25. The molecule has 4 heterocycles. The van der Waals surface area contributed by atoms with Crippen LogP contribution < -0.4 is 10.4 Å². The zero-order chi connectivity index (χ0) is 31.2. The highest BCUT2D eigenvalue weighted by molar-refractivity contribution is 7.98.